The molecule has 1 radical (unpaired) electrons. The first-order chi connectivity index (χ1) is 62.6. The molecule has 15 N–H and O–H groups in total. The molecule has 43 nitrogen and oxygen atoms in total. The third-order valence-electron chi connectivity index (χ3n) is 13.3. The number of carbonyl (C=O) groups is 8. The molecule has 52 heteroatoms. The summed E-state index contributed by atoms with van der Waals surface area (Å²) in [6.07, 6.45) is 4.37. The average molecular weight is 2270 g/mol. The molecule has 9 rings (SSSR count). The molecule has 4 heterocycles. The van der Waals surface area contributed by atoms with Crippen molar-refractivity contribution in [2.24, 2.45) is 17.6 Å². The smallest absolute Gasteiger partial charge is 1.00 e. The Morgan fingerprint density at radius 3 is 1.09 bits per heavy atom. The summed E-state index contributed by atoms with van der Waals surface area (Å²) in [7, 11) is 0.413. The summed E-state index contributed by atoms with van der Waals surface area (Å²) >= 11 is 13.0. The van der Waals surface area contributed by atoms with Gasteiger partial charge >= 0.3 is 131 Å². The number of nitrogens with one attached hydrogen (secondary N) is 6. The number of nitrogens with two attached hydrogens (primary N) is 3. The van der Waals surface area contributed by atoms with Crippen LogP contribution in [0.25, 0.3) is 0 Å². The van der Waals surface area contributed by atoms with Gasteiger partial charge in [-0.15, -0.1) is 34.9 Å². The van der Waals surface area contributed by atoms with Crippen molar-refractivity contribution in [1.29, 1.82) is 0 Å². The predicted octanol–water partition coefficient (Wildman–Crippen LogP) is 10.8. The van der Waals surface area contributed by atoms with Gasteiger partial charge in [-0.05, 0) is 161 Å². The molecule has 0 fully saturated rings. The molecule has 2 aliphatic rings. The van der Waals surface area contributed by atoms with Gasteiger partial charge in [0.2, 0.25) is 29.1 Å². The Balaban J connectivity index is -0.000000116. The monoisotopic (exact) mass is 2270 g/mol. The Kier molecular flexibility index (Phi) is 116. The molecule has 0 saturated heterocycles. The van der Waals surface area contributed by atoms with Gasteiger partial charge in [0.1, 0.15) is 19.8 Å². The third-order valence-corrected chi connectivity index (χ3v) is 14.5. The van der Waals surface area contributed by atoms with Gasteiger partial charge in [-0.25, -0.2) is 30.8 Å². The number of hydrogen-bond acceptors (Lipinski definition) is 37. The summed E-state index contributed by atoms with van der Waals surface area (Å²) in [5, 5.41) is 33.7. The van der Waals surface area contributed by atoms with Crippen molar-refractivity contribution in [1.82, 2.24) is 56.1 Å². The summed E-state index contributed by atoms with van der Waals surface area (Å²) < 4.78 is 48.2. The minimum Gasteiger partial charge on any atom is -1.00 e. The Morgan fingerprint density at radius 1 is 0.540 bits per heavy atom. The summed E-state index contributed by atoms with van der Waals surface area (Å²) in [4.78, 5) is 144. The van der Waals surface area contributed by atoms with E-state index in [-0.39, 0.29) is 259 Å². The number of hydroxylamine groups is 9. The van der Waals surface area contributed by atoms with Gasteiger partial charge in [0, 0.05) is 77.5 Å². The second-order valence-corrected chi connectivity index (χ2v) is 29.2. The van der Waals surface area contributed by atoms with Crippen LogP contribution < -0.4 is 163 Å². The topological polar surface area (TPSA) is 587 Å². The number of halogens is 5. The van der Waals surface area contributed by atoms with Gasteiger partial charge in [0.25, 0.3) is 36.0 Å². The van der Waals surface area contributed by atoms with Crippen LogP contribution in [0.1, 0.15) is 238 Å². The molecule has 0 saturated carbocycles. The maximum atomic E-state index is 11.7. The summed E-state index contributed by atoms with van der Waals surface area (Å²) in [5.74, 6) is 13.3. The van der Waals surface area contributed by atoms with Gasteiger partial charge in [-0.3, -0.25) is 78.6 Å². The molecule has 0 bridgehead atoms. The van der Waals surface area contributed by atoms with Crippen LogP contribution in [0.3, 0.4) is 0 Å². The maximum Gasteiger partial charge on any atom is 1.00 e. The van der Waals surface area contributed by atoms with E-state index in [9.17, 15) is 33.6 Å². The maximum absolute atomic E-state index is 11.7. The number of fused-ring (bicyclic) bond motifs is 2. The Hall–Kier alpha value is -5.98. The second kappa shape index (κ2) is 102. The van der Waals surface area contributed by atoms with E-state index < -0.39 is 39.8 Å². The summed E-state index contributed by atoms with van der Waals surface area (Å²) in [5.41, 5.74) is 8.14. The van der Waals surface area contributed by atoms with E-state index in [2.05, 4.69) is 156 Å². The van der Waals surface area contributed by atoms with Crippen molar-refractivity contribution in [2.45, 2.75) is 235 Å². The van der Waals surface area contributed by atoms with Crippen LogP contribution in [-0.4, -0.2) is 199 Å². The van der Waals surface area contributed by atoms with E-state index >= 15 is 0 Å². The molecular weight excluding hydrogens is 2120 g/mol. The molecule has 6 amide bonds. The van der Waals surface area contributed by atoms with Crippen LogP contribution in [0.4, 0.5) is 44.1 Å². The Labute approximate surface area is 955 Å². The van der Waals surface area contributed by atoms with E-state index in [1.807, 2.05) is 174 Å². The van der Waals surface area contributed by atoms with Crippen LogP contribution >= 0.6 is 70.6 Å². The average Bonchev–Trinajstić information content (AvgIpc) is 1.62. The normalized spacial score (nSPS) is 10.2. The molecule has 5 aromatic carbocycles. The number of ether oxygens (including phenoxy) is 3. The van der Waals surface area contributed by atoms with E-state index in [0.29, 0.717) is 40.9 Å². The molecule has 2 aromatic heterocycles. The predicted molar refractivity (Wildman–Crippen MR) is 540 cm³/mol. The fourth-order valence-corrected chi connectivity index (χ4v) is 8.39. The van der Waals surface area contributed by atoms with Crippen molar-refractivity contribution >= 4 is 158 Å². The third kappa shape index (κ3) is 88.3. The molecule has 0 spiro atoms. The fraction of sp³-hybridized carbons (Fsp3) is 0.483. The Bertz CT molecular complexity index is 4210. The van der Waals surface area contributed by atoms with E-state index in [4.69, 9.17) is 89.6 Å². The number of hydrazine groups is 1. The number of hydrogen-bond donors (Lipinski definition) is 12. The second-order valence-electron chi connectivity index (χ2n) is 26.8. The van der Waals surface area contributed by atoms with Crippen LogP contribution in [0.2, 0.25) is 5.28 Å². The number of nitrogens with zero attached hydrogens (tertiary/aromatic N) is 10. The first kappa shape index (κ1) is 158. The first-order valence-corrected chi connectivity index (χ1v) is 44.8. The van der Waals surface area contributed by atoms with Crippen molar-refractivity contribution in [2.75, 3.05) is 73.7 Å². The van der Waals surface area contributed by atoms with Crippen LogP contribution in [0, 0.1) is 4.43 Å². The molecule has 0 atom stereocenters. The number of aromatic nitrogens is 6. The van der Waals surface area contributed by atoms with Crippen LogP contribution in [0.15, 0.2) is 140 Å². The van der Waals surface area contributed by atoms with Crippen LogP contribution in [-0.2, 0) is 102 Å². The number of rotatable bonds is 32. The molecule has 7 aromatic rings. The van der Waals surface area contributed by atoms with E-state index in [0.717, 1.165) is 78.7 Å². The van der Waals surface area contributed by atoms with Crippen LogP contribution in [0.5, 0.6) is 0 Å². The first-order valence-electron chi connectivity index (χ1n) is 41.4. The Morgan fingerprint density at radius 2 is 0.835 bits per heavy atom. The largest absolute Gasteiger partial charge is 1.00 e. The molecule has 139 heavy (non-hydrogen) atoms. The van der Waals surface area contributed by atoms with Gasteiger partial charge in [-0.1, -0.05) is 179 Å². The SMILES string of the molecule is C.C.CC.CC(C)ON.CC(C)ON(C)C(=O)OCc1ccccc1.CC(C)ON1C(=O)c2ccccc2C1=O.CC(C)ONC(=O)OCc1ccccc1.CCCNc1nc(Cl)nc(NCCC)n1.CCCNc1nc(NCCC)nc(N(C)OC(C)C)n1.CC[CH-]I.CNOC(C)C.Cl.Cl.NN.O=C(Cl)OCc1ccccc1.O=C1c2ccccc2C(=O)N1O.O=CO[O-].O=S(=O)(O)O.[H-].[K+].[K+].[V]. The van der Waals surface area contributed by atoms with Gasteiger partial charge < -0.3 is 74.5 Å². The fourth-order valence-electron chi connectivity index (χ4n) is 8.17. The zero-order valence-electron chi connectivity index (χ0n) is 83.3. The number of imide groups is 2. The van der Waals surface area contributed by atoms with Crippen molar-refractivity contribution < 1.29 is 237 Å². The van der Waals surface area contributed by atoms with Crippen molar-refractivity contribution in [3.63, 3.8) is 0 Å². The zero-order valence-corrected chi connectivity index (χ0v) is 96.1. The molecule has 0 unspecified atom stereocenters. The van der Waals surface area contributed by atoms with E-state index in [1.165, 1.54) is 25.6 Å². The van der Waals surface area contributed by atoms with Gasteiger partial charge in [0.05, 0.1) is 58.9 Å². The number of carbonyl (C=O) groups excluding carboxylic acids is 8. The van der Waals surface area contributed by atoms with Crippen molar-refractivity contribution in [3.8, 4) is 0 Å². The number of benzene rings is 5. The number of amides is 6. The molecule has 783 valence electrons. The molecular formula is C87H147Cl4IK2N19O24SV-. The minimum absolute atomic E-state index is 0. The van der Waals surface area contributed by atoms with Gasteiger partial charge in [-0.2, -0.15) is 55.3 Å². The van der Waals surface area contributed by atoms with Gasteiger partial charge in [0.15, 0.2) is 0 Å². The number of anilines is 5. The summed E-state index contributed by atoms with van der Waals surface area (Å²) in [6, 6.07) is 41.3. The quantitative estimate of drug-likeness (QED) is 0.00151. The van der Waals surface area contributed by atoms with E-state index in [1.54, 1.807) is 69.4 Å². The zero-order chi connectivity index (χ0) is 102. The minimum atomic E-state index is -4.67. The molecule has 0 aliphatic carbocycles. The van der Waals surface area contributed by atoms with Crippen molar-refractivity contribution in [3.05, 3.63) is 188 Å². The standard InChI is InChI=1S/C13H26N6O.C12H17NO3.C11H11NO3.C11H15NO3.C9H16ClN5.C8H7ClO2.C8H5NO3.C4H11NO.C3H6I.C3H9NO.C2H6.CH2O3.2CH4.2ClH.2K.H4N2.H2O4S.V.H/c1-6-8-14-11-16-12(15-9-7-2)18-13(17-11)19(5)20-10(3)4;1-10(2)16-13(3)12(14)15-9-11-7-5-4-6-8-11;1-7(2)15-12-10(13)8-5-3-4-6-9(8)11(12)14;1-9(2)15-12-11(13)14-8-10-6-4-3-5-7-10;1-3-5-11-8-13-7(10)14-9(15-8)12-6-4-2;9-8(10)11-6-7-4-2-1-3-5-7;10-7-5-3-1-2-4-6(5)8(11)9(7)12;1-4(2)6-5-3;1-2-3-4;1-3(2)5-4;1-2;2-1-4-3;;;;;;;1-2;1-5(2,3)4;;/h10H,6-9H2,1-5H3,(H2,14,15,16,17,18);4-8,10H,9H2,1-3H3;3-7H,1-2H3;3-7,9H,8H2,1-2H3,(H,12,13);3-6H2,1-2H3,(H2,11,12,13,14,15);1-5H,6H2;1-4,12H;4-5H,1-3H3;3H,2H2,1H3;3H,4H2,1-2H3;1-2H3;1,3H;2*1H4;2*1H;;;1-2H2;(H2,1,2,3,4);;/q;;;;;;;;-1;;;;;;;;2*+1;;;;-1/p-1. The summed E-state index contributed by atoms with van der Waals surface area (Å²) in [6.45, 7) is 40.8. The molecule has 2 aliphatic heterocycles.